The van der Waals surface area contributed by atoms with E-state index in [4.69, 9.17) is 16.3 Å². The van der Waals surface area contributed by atoms with E-state index in [-0.39, 0.29) is 12.5 Å². The van der Waals surface area contributed by atoms with E-state index in [2.05, 4.69) is 15.2 Å². The lowest BCUT2D eigenvalue weighted by Gasteiger charge is -2.29. The number of nitrogens with one attached hydrogen (secondary N) is 2. The molecule has 0 fully saturated rings. The Morgan fingerprint density at radius 3 is 2.77 bits per heavy atom. The van der Waals surface area contributed by atoms with Crippen molar-refractivity contribution >= 4 is 34.1 Å². The second-order valence-electron chi connectivity index (χ2n) is 8.98. The second-order valence-corrected chi connectivity index (χ2v) is 9.42. The maximum absolute atomic E-state index is 11.8. The molecule has 1 amide bonds. The van der Waals surface area contributed by atoms with Crippen molar-refractivity contribution in [3.63, 3.8) is 0 Å². The summed E-state index contributed by atoms with van der Waals surface area (Å²) in [5.41, 5.74) is 6.19. The fourth-order valence-electron chi connectivity index (χ4n) is 4.69. The van der Waals surface area contributed by atoms with Crippen molar-refractivity contribution in [2.45, 2.75) is 26.0 Å². The molecule has 1 unspecified atom stereocenters. The largest absolute Gasteiger partial charge is 0.489 e. The van der Waals surface area contributed by atoms with E-state index in [0.717, 1.165) is 46.6 Å². The van der Waals surface area contributed by atoms with Gasteiger partial charge in [0, 0.05) is 54.6 Å². The SMILES string of the molecule is CC(=O)Nc1cc(-c2ccccc2)ccc1OCC(O)CN1CCc2[nH]c3ccc(Cl)cc3c2C1. The number of fused-ring (bicyclic) bond motifs is 3. The van der Waals surface area contributed by atoms with E-state index >= 15 is 0 Å². The highest BCUT2D eigenvalue weighted by molar-refractivity contribution is 6.31. The van der Waals surface area contributed by atoms with Gasteiger partial charge in [0.1, 0.15) is 18.5 Å². The van der Waals surface area contributed by atoms with Crippen LogP contribution in [0.25, 0.3) is 22.0 Å². The number of hydrogen-bond donors (Lipinski definition) is 3. The Hall–Kier alpha value is -3.32. The molecule has 0 saturated heterocycles. The van der Waals surface area contributed by atoms with Gasteiger partial charge in [0.25, 0.3) is 0 Å². The van der Waals surface area contributed by atoms with E-state index < -0.39 is 6.10 Å². The first-order chi connectivity index (χ1) is 17.0. The van der Waals surface area contributed by atoms with Crippen LogP contribution in [-0.2, 0) is 17.8 Å². The fraction of sp³-hybridized carbons (Fsp3) is 0.250. The smallest absolute Gasteiger partial charge is 0.221 e. The Balaban J connectivity index is 1.25. The van der Waals surface area contributed by atoms with E-state index in [0.29, 0.717) is 18.0 Å². The molecule has 3 N–H and O–H groups in total. The number of β-amino-alcohol motifs (C(OH)–C–C–N with tert-alkyl or cyclic N) is 1. The summed E-state index contributed by atoms with van der Waals surface area (Å²) in [5.74, 6) is 0.356. The molecule has 1 atom stereocenters. The van der Waals surface area contributed by atoms with Crippen molar-refractivity contribution in [3.8, 4) is 16.9 Å². The molecule has 4 aromatic rings. The number of hydrogen-bond acceptors (Lipinski definition) is 4. The zero-order chi connectivity index (χ0) is 24.4. The quantitative estimate of drug-likeness (QED) is 0.331. The number of anilines is 1. The number of amides is 1. The minimum atomic E-state index is -0.677. The van der Waals surface area contributed by atoms with Crippen LogP contribution in [0, 0.1) is 0 Å². The number of benzene rings is 3. The molecule has 7 heteroatoms. The van der Waals surface area contributed by atoms with Crippen molar-refractivity contribution < 1.29 is 14.6 Å². The molecule has 1 aliphatic rings. The maximum Gasteiger partial charge on any atom is 0.221 e. The van der Waals surface area contributed by atoms with Crippen LogP contribution in [0.5, 0.6) is 5.75 Å². The minimum Gasteiger partial charge on any atom is -0.489 e. The highest BCUT2D eigenvalue weighted by Gasteiger charge is 2.23. The summed E-state index contributed by atoms with van der Waals surface area (Å²) in [6.45, 7) is 3.68. The van der Waals surface area contributed by atoms with Gasteiger partial charge in [-0.05, 0) is 47.0 Å². The number of halogens is 1. The lowest BCUT2D eigenvalue weighted by molar-refractivity contribution is -0.114. The molecule has 6 nitrogen and oxygen atoms in total. The number of aromatic amines is 1. The van der Waals surface area contributed by atoms with Crippen molar-refractivity contribution in [1.82, 2.24) is 9.88 Å². The lowest BCUT2D eigenvalue weighted by atomic mass is 10.0. The summed E-state index contributed by atoms with van der Waals surface area (Å²) in [4.78, 5) is 17.5. The number of nitrogens with zero attached hydrogens (tertiary/aromatic N) is 1. The first-order valence-corrected chi connectivity index (χ1v) is 12.1. The van der Waals surface area contributed by atoms with Crippen LogP contribution in [0.3, 0.4) is 0 Å². The first kappa shape index (κ1) is 23.4. The molecule has 0 aliphatic carbocycles. The predicted octanol–water partition coefficient (Wildman–Crippen LogP) is 5.24. The van der Waals surface area contributed by atoms with Crippen molar-refractivity contribution in [2.75, 3.05) is 25.0 Å². The van der Waals surface area contributed by atoms with Gasteiger partial charge >= 0.3 is 0 Å². The van der Waals surface area contributed by atoms with Crippen LogP contribution in [0.1, 0.15) is 18.2 Å². The molecule has 0 saturated carbocycles. The van der Waals surface area contributed by atoms with Crippen LogP contribution in [-0.4, -0.2) is 46.7 Å². The number of aromatic nitrogens is 1. The van der Waals surface area contributed by atoms with Crippen LogP contribution in [0.4, 0.5) is 5.69 Å². The zero-order valence-corrected chi connectivity index (χ0v) is 20.3. The number of aliphatic hydroxyl groups is 1. The van der Waals surface area contributed by atoms with Gasteiger partial charge in [-0.15, -0.1) is 0 Å². The highest BCUT2D eigenvalue weighted by atomic mass is 35.5. The van der Waals surface area contributed by atoms with E-state index in [1.807, 2.05) is 66.7 Å². The summed E-state index contributed by atoms with van der Waals surface area (Å²) in [6.07, 6.45) is 0.215. The predicted molar refractivity (Wildman–Crippen MR) is 140 cm³/mol. The summed E-state index contributed by atoms with van der Waals surface area (Å²) in [5, 5.41) is 15.4. The van der Waals surface area contributed by atoms with Crippen LogP contribution in [0.15, 0.2) is 66.7 Å². The normalized spacial score (nSPS) is 14.5. The monoisotopic (exact) mass is 489 g/mol. The molecule has 2 heterocycles. The van der Waals surface area contributed by atoms with E-state index in [1.54, 1.807) is 0 Å². The average Bonchev–Trinajstić information content (AvgIpc) is 3.20. The lowest BCUT2D eigenvalue weighted by Crippen LogP contribution is -2.38. The Kier molecular flexibility index (Phi) is 6.77. The number of carbonyl (C=O) groups is 1. The molecule has 0 radical (unpaired) electrons. The molecule has 5 rings (SSSR count). The molecular weight excluding hydrogens is 462 g/mol. The summed E-state index contributed by atoms with van der Waals surface area (Å²) in [6, 6.07) is 21.5. The maximum atomic E-state index is 11.8. The number of aliphatic hydroxyl groups excluding tert-OH is 1. The van der Waals surface area contributed by atoms with Gasteiger partial charge in [0.15, 0.2) is 0 Å². The number of carbonyl (C=O) groups excluding carboxylic acids is 1. The van der Waals surface area contributed by atoms with Gasteiger partial charge in [-0.1, -0.05) is 48.0 Å². The molecule has 180 valence electrons. The molecule has 0 bridgehead atoms. The summed E-state index contributed by atoms with van der Waals surface area (Å²) >= 11 is 6.22. The summed E-state index contributed by atoms with van der Waals surface area (Å²) in [7, 11) is 0. The van der Waals surface area contributed by atoms with Gasteiger partial charge in [-0.3, -0.25) is 9.69 Å². The average molecular weight is 490 g/mol. The highest BCUT2D eigenvalue weighted by Crippen LogP contribution is 2.32. The summed E-state index contributed by atoms with van der Waals surface area (Å²) < 4.78 is 5.96. The Morgan fingerprint density at radius 2 is 1.97 bits per heavy atom. The third kappa shape index (κ3) is 5.35. The topological polar surface area (TPSA) is 77.6 Å². The minimum absolute atomic E-state index is 0.125. The molecular formula is C28H28ClN3O3. The van der Waals surface area contributed by atoms with Crippen molar-refractivity contribution in [3.05, 3.63) is 83.0 Å². The number of ether oxygens (including phenoxy) is 1. The van der Waals surface area contributed by atoms with E-state index in [9.17, 15) is 9.90 Å². The third-order valence-corrected chi connectivity index (χ3v) is 6.55. The van der Waals surface area contributed by atoms with E-state index in [1.165, 1.54) is 18.2 Å². The Bertz CT molecular complexity index is 1350. The standard InChI is InChI=1S/C28H28ClN3O3/c1-18(33)30-27-13-20(19-5-3-2-4-6-19)7-10-28(27)35-17-22(34)15-32-12-11-26-24(16-32)23-14-21(29)8-9-25(23)31-26/h2-10,13-14,22,31,34H,11-12,15-17H2,1H3,(H,30,33). The second kappa shape index (κ2) is 10.1. The number of H-pyrrole nitrogens is 1. The number of rotatable bonds is 7. The van der Waals surface area contributed by atoms with Gasteiger partial charge in [-0.2, -0.15) is 0 Å². The van der Waals surface area contributed by atoms with Gasteiger partial charge in [0.2, 0.25) is 5.91 Å². The van der Waals surface area contributed by atoms with Gasteiger partial charge in [-0.25, -0.2) is 0 Å². The molecule has 3 aromatic carbocycles. The fourth-order valence-corrected chi connectivity index (χ4v) is 4.86. The molecule has 1 aromatic heterocycles. The third-order valence-electron chi connectivity index (χ3n) is 6.31. The zero-order valence-electron chi connectivity index (χ0n) is 19.6. The Morgan fingerprint density at radius 1 is 1.14 bits per heavy atom. The van der Waals surface area contributed by atoms with Crippen molar-refractivity contribution in [1.29, 1.82) is 0 Å². The van der Waals surface area contributed by atoms with Gasteiger partial charge in [0.05, 0.1) is 5.69 Å². The molecule has 35 heavy (non-hydrogen) atoms. The van der Waals surface area contributed by atoms with Gasteiger partial charge < -0.3 is 20.1 Å². The van der Waals surface area contributed by atoms with Crippen LogP contribution < -0.4 is 10.1 Å². The van der Waals surface area contributed by atoms with Crippen molar-refractivity contribution in [2.24, 2.45) is 0 Å². The Labute approximate surface area is 209 Å². The molecule has 1 aliphatic heterocycles. The van der Waals surface area contributed by atoms with Crippen LogP contribution >= 0.6 is 11.6 Å². The van der Waals surface area contributed by atoms with Crippen LogP contribution in [0.2, 0.25) is 5.02 Å². The first-order valence-electron chi connectivity index (χ1n) is 11.8. The molecule has 0 spiro atoms.